The standard InChI is InChI=1S/C22H24FNO.ClH/c1-16(2)13-24-14-20-19-9-5-3-7-17(19)11-12-22(20)25-15-18-8-4-6-10-21(18)23;/h3-12,16,24H,13-15H2,1-2H3;1H. The molecule has 0 heterocycles. The highest BCUT2D eigenvalue weighted by molar-refractivity contribution is 5.87. The summed E-state index contributed by atoms with van der Waals surface area (Å²) in [5, 5.41) is 5.84. The lowest BCUT2D eigenvalue weighted by Crippen LogP contribution is -2.19. The Morgan fingerprint density at radius 3 is 2.46 bits per heavy atom. The third kappa shape index (κ3) is 4.96. The summed E-state index contributed by atoms with van der Waals surface area (Å²) in [5.41, 5.74) is 1.69. The minimum absolute atomic E-state index is 0. The van der Waals surface area contributed by atoms with Gasteiger partial charge in [0.25, 0.3) is 0 Å². The number of fused-ring (bicyclic) bond motifs is 1. The molecule has 0 aliphatic heterocycles. The topological polar surface area (TPSA) is 21.3 Å². The number of halogens is 2. The van der Waals surface area contributed by atoms with E-state index in [2.05, 4.69) is 37.4 Å². The lowest BCUT2D eigenvalue weighted by Gasteiger charge is -2.16. The lowest BCUT2D eigenvalue weighted by molar-refractivity contribution is 0.296. The summed E-state index contributed by atoms with van der Waals surface area (Å²) in [4.78, 5) is 0. The van der Waals surface area contributed by atoms with Crippen molar-refractivity contribution >= 4 is 23.2 Å². The zero-order valence-electron chi connectivity index (χ0n) is 15.2. The Morgan fingerprint density at radius 1 is 0.962 bits per heavy atom. The second kappa shape index (κ2) is 9.56. The predicted octanol–water partition coefficient (Wildman–Crippen LogP) is 5.73. The molecule has 4 heteroatoms. The Balaban J connectivity index is 0.00000243. The molecule has 3 aromatic carbocycles. The van der Waals surface area contributed by atoms with Gasteiger partial charge in [-0.1, -0.05) is 62.4 Å². The highest BCUT2D eigenvalue weighted by Gasteiger charge is 2.10. The number of nitrogens with one attached hydrogen (secondary N) is 1. The Morgan fingerprint density at radius 2 is 1.69 bits per heavy atom. The molecule has 3 aromatic rings. The number of benzene rings is 3. The van der Waals surface area contributed by atoms with E-state index in [0.29, 0.717) is 11.5 Å². The summed E-state index contributed by atoms with van der Waals surface area (Å²) in [5.74, 6) is 1.15. The van der Waals surface area contributed by atoms with Crippen LogP contribution in [0.5, 0.6) is 5.75 Å². The first-order valence-electron chi connectivity index (χ1n) is 8.72. The number of ether oxygens (including phenoxy) is 1. The predicted molar refractivity (Wildman–Crippen MR) is 108 cm³/mol. The van der Waals surface area contributed by atoms with Crippen molar-refractivity contribution in [2.24, 2.45) is 5.92 Å². The van der Waals surface area contributed by atoms with Crippen molar-refractivity contribution in [3.8, 4) is 5.75 Å². The van der Waals surface area contributed by atoms with Gasteiger partial charge in [-0.05, 0) is 35.4 Å². The molecule has 1 N–H and O–H groups in total. The molecule has 0 saturated heterocycles. The summed E-state index contributed by atoms with van der Waals surface area (Å²) in [6, 6.07) is 19.1. The third-order valence-electron chi connectivity index (χ3n) is 4.19. The van der Waals surface area contributed by atoms with E-state index in [1.807, 2.05) is 24.3 Å². The Hall–Kier alpha value is -2.10. The maximum atomic E-state index is 13.8. The molecule has 0 amide bonds. The van der Waals surface area contributed by atoms with Crippen molar-refractivity contribution in [2.45, 2.75) is 27.0 Å². The Labute approximate surface area is 160 Å². The van der Waals surface area contributed by atoms with Crippen LogP contribution in [0.25, 0.3) is 10.8 Å². The summed E-state index contributed by atoms with van der Waals surface area (Å²) in [6.07, 6.45) is 0. The second-order valence-electron chi connectivity index (χ2n) is 6.67. The maximum Gasteiger partial charge on any atom is 0.129 e. The van der Waals surface area contributed by atoms with Crippen molar-refractivity contribution < 1.29 is 9.13 Å². The molecule has 0 unspecified atom stereocenters. The molecule has 2 nitrogen and oxygen atoms in total. The molecule has 0 atom stereocenters. The van der Waals surface area contributed by atoms with Gasteiger partial charge in [0.1, 0.15) is 18.2 Å². The van der Waals surface area contributed by atoms with Crippen LogP contribution >= 0.6 is 12.4 Å². The van der Waals surface area contributed by atoms with Crippen LogP contribution in [0.1, 0.15) is 25.0 Å². The van der Waals surface area contributed by atoms with Gasteiger partial charge in [0.05, 0.1) is 0 Å². The minimum Gasteiger partial charge on any atom is -0.488 e. The average molecular weight is 374 g/mol. The fourth-order valence-corrected chi connectivity index (χ4v) is 2.89. The summed E-state index contributed by atoms with van der Waals surface area (Å²) in [7, 11) is 0. The van der Waals surface area contributed by atoms with Gasteiger partial charge in [0.15, 0.2) is 0 Å². The zero-order chi connectivity index (χ0) is 17.6. The molecule has 0 aromatic heterocycles. The smallest absolute Gasteiger partial charge is 0.129 e. The second-order valence-corrected chi connectivity index (χ2v) is 6.67. The Kier molecular flexibility index (Phi) is 7.43. The third-order valence-corrected chi connectivity index (χ3v) is 4.19. The quantitative estimate of drug-likeness (QED) is 0.571. The Bertz CT molecular complexity index is 850. The van der Waals surface area contributed by atoms with Crippen molar-refractivity contribution in [3.63, 3.8) is 0 Å². The van der Waals surface area contributed by atoms with Gasteiger partial charge in [-0.25, -0.2) is 4.39 Å². The molecule has 0 aliphatic rings. The first-order chi connectivity index (χ1) is 12.1. The number of hydrogen-bond donors (Lipinski definition) is 1. The highest BCUT2D eigenvalue weighted by Crippen LogP contribution is 2.29. The molecule has 0 fully saturated rings. The maximum absolute atomic E-state index is 13.8. The van der Waals surface area contributed by atoms with Crippen LogP contribution in [0.2, 0.25) is 0 Å². The van der Waals surface area contributed by atoms with E-state index in [1.54, 1.807) is 12.1 Å². The largest absolute Gasteiger partial charge is 0.488 e. The van der Waals surface area contributed by atoms with Crippen LogP contribution in [0.4, 0.5) is 4.39 Å². The number of rotatable bonds is 7. The lowest BCUT2D eigenvalue weighted by atomic mass is 10.0. The molecule has 0 saturated carbocycles. The summed E-state index contributed by atoms with van der Waals surface area (Å²) >= 11 is 0. The van der Waals surface area contributed by atoms with Gasteiger partial charge in [0, 0.05) is 17.7 Å². The van der Waals surface area contributed by atoms with Crippen molar-refractivity contribution in [1.82, 2.24) is 5.32 Å². The van der Waals surface area contributed by atoms with Crippen LogP contribution in [0.15, 0.2) is 60.7 Å². The first kappa shape index (κ1) is 20.2. The van der Waals surface area contributed by atoms with Gasteiger partial charge in [-0.3, -0.25) is 0 Å². The van der Waals surface area contributed by atoms with Crippen LogP contribution in [-0.2, 0) is 13.2 Å². The van der Waals surface area contributed by atoms with E-state index in [1.165, 1.54) is 16.8 Å². The van der Waals surface area contributed by atoms with E-state index in [0.717, 1.165) is 24.4 Å². The molecule has 0 aliphatic carbocycles. The van der Waals surface area contributed by atoms with E-state index < -0.39 is 0 Å². The zero-order valence-corrected chi connectivity index (χ0v) is 16.0. The number of hydrogen-bond acceptors (Lipinski definition) is 2. The van der Waals surface area contributed by atoms with E-state index in [4.69, 9.17) is 4.74 Å². The van der Waals surface area contributed by atoms with Crippen molar-refractivity contribution in [1.29, 1.82) is 0 Å². The van der Waals surface area contributed by atoms with E-state index in [-0.39, 0.29) is 24.8 Å². The van der Waals surface area contributed by atoms with Gasteiger partial charge in [-0.2, -0.15) is 0 Å². The van der Waals surface area contributed by atoms with Gasteiger partial charge >= 0.3 is 0 Å². The summed E-state index contributed by atoms with van der Waals surface area (Å²) in [6.45, 7) is 6.27. The molecule has 0 bridgehead atoms. The van der Waals surface area contributed by atoms with Gasteiger partial charge < -0.3 is 10.1 Å². The molecule has 138 valence electrons. The van der Waals surface area contributed by atoms with Gasteiger partial charge in [-0.15, -0.1) is 12.4 Å². The summed E-state index contributed by atoms with van der Waals surface area (Å²) < 4.78 is 19.8. The van der Waals surface area contributed by atoms with E-state index >= 15 is 0 Å². The normalized spacial score (nSPS) is 10.8. The average Bonchev–Trinajstić information content (AvgIpc) is 2.61. The molecular weight excluding hydrogens is 349 g/mol. The molecular formula is C22H25ClFNO. The van der Waals surface area contributed by atoms with E-state index in [9.17, 15) is 4.39 Å². The van der Waals surface area contributed by atoms with Crippen molar-refractivity contribution in [3.05, 3.63) is 77.6 Å². The van der Waals surface area contributed by atoms with Crippen LogP contribution < -0.4 is 10.1 Å². The van der Waals surface area contributed by atoms with Gasteiger partial charge in [0.2, 0.25) is 0 Å². The molecule has 26 heavy (non-hydrogen) atoms. The minimum atomic E-state index is -0.234. The monoisotopic (exact) mass is 373 g/mol. The van der Waals surface area contributed by atoms with Crippen LogP contribution in [0.3, 0.4) is 0 Å². The molecule has 0 radical (unpaired) electrons. The van der Waals surface area contributed by atoms with Crippen molar-refractivity contribution in [2.75, 3.05) is 6.54 Å². The molecule has 3 rings (SSSR count). The highest BCUT2D eigenvalue weighted by atomic mass is 35.5. The first-order valence-corrected chi connectivity index (χ1v) is 8.72. The van der Waals surface area contributed by atoms with Crippen LogP contribution in [0, 0.1) is 11.7 Å². The van der Waals surface area contributed by atoms with Crippen LogP contribution in [-0.4, -0.2) is 6.54 Å². The SMILES string of the molecule is CC(C)CNCc1c(OCc2ccccc2F)ccc2ccccc12.Cl. The molecule has 0 spiro atoms. The fraction of sp³-hybridized carbons (Fsp3) is 0.273. The fourth-order valence-electron chi connectivity index (χ4n) is 2.89.